The van der Waals surface area contributed by atoms with Gasteiger partial charge in [0, 0.05) is 12.6 Å². The van der Waals surface area contributed by atoms with E-state index < -0.39 is 15.9 Å². The van der Waals surface area contributed by atoms with Gasteiger partial charge in [-0.05, 0) is 37.0 Å². The van der Waals surface area contributed by atoms with Crippen molar-refractivity contribution in [2.24, 2.45) is 11.3 Å². The molecule has 1 aliphatic heterocycles. The van der Waals surface area contributed by atoms with Crippen LogP contribution < -0.4 is 5.32 Å². The fourth-order valence-electron chi connectivity index (χ4n) is 2.94. The van der Waals surface area contributed by atoms with E-state index in [1.54, 1.807) is 0 Å². The van der Waals surface area contributed by atoms with Crippen molar-refractivity contribution < 1.29 is 13.5 Å². The Morgan fingerprint density at radius 1 is 1.25 bits per heavy atom. The molecule has 0 amide bonds. The van der Waals surface area contributed by atoms with Gasteiger partial charge in [-0.1, -0.05) is 0 Å². The molecule has 0 spiro atoms. The molecule has 0 aromatic carbocycles. The Kier molecular flexibility index (Phi) is 2.36. The molecule has 2 N–H and O–H groups in total. The Morgan fingerprint density at radius 2 is 1.94 bits per heavy atom. The van der Waals surface area contributed by atoms with Gasteiger partial charge in [0.05, 0.1) is 17.6 Å². The molecular weight excluding hydrogens is 226 g/mol. The van der Waals surface area contributed by atoms with E-state index in [-0.39, 0.29) is 17.5 Å². The molecule has 2 unspecified atom stereocenters. The van der Waals surface area contributed by atoms with Gasteiger partial charge in [0.15, 0.2) is 9.84 Å². The molecule has 3 rings (SSSR count). The molecule has 2 atom stereocenters. The van der Waals surface area contributed by atoms with Crippen molar-refractivity contribution in [3.05, 3.63) is 0 Å². The number of hydrogen-bond donors (Lipinski definition) is 2. The zero-order valence-corrected chi connectivity index (χ0v) is 10.2. The average Bonchev–Trinajstić information content (AvgIpc) is 3.02. The van der Waals surface area contributed by atoms with Crippen LogP contribution in [0.2, 0.25) is 0 Å². The lowest BCUT2D eigenvalue weighted by Gasteiger charge is -2.20. The highest BCUT2D eigenvalue weighted by Crippen LogP contribution is 2.60. The highest BCUT2D eigenvalue weighted by atomic mass is 32.2. The SMILES string of the molecule is O=S1(=O)CC(O)C(NCC2(C3CC3)CC2)C1. The van der Waals surface area contributed by atoms with Crippen molar-refractivity contribution in [2.75, 3.05) is 18.1 Å². The summed E-state index contributed by atoms with van der Waals surface area (Å²) in [4.78, 5) is 0. The second-order valence-electron chi connectivity index (χ2n) is 5.77. The van der Waals surface area contributed by atoms with Crippen LogP contribution >= 0.6 is 0 Å². The number of hydrogen-bond acceptors (Lipinski definition) is 4. The zero-order valence-electron chi connectivity index (χ0n) is 9.35. The van der Waals surface area contributed by atoms with Crippen molar-refractivity contribution in [3.8, 4) is 0 Å². The minimum Gasteiger partial charge on any atom is -0.390 e. The molecule has 5 heteroatoms. The van der Waals surface area contributed by atoms with Gasteiger partial charge in [-0.3, -0.25) is 0 Å². The Hall–Kier alpha value is -0.130. The van der Waals surface area contributed by atoms with Crippen molar-refractivity contribution >= 4 is 9.84 Å². The van der Waals surface area contributed by atoms with Crippen LogP contribution in [0.3, 0.4) is 0 Å². The fraction of sp³-hybridized carbons (Fsp3) is 1.00. The summed E-state index contributed by atoms with van der Waals surface area (Å²) in [5, 5.41) is 12.9. The Bertz CT molecular complexity index is 384. The number of aliphatic hydroxyl groups excluding tert-OH is 1. The molecule has 2 saturated carbocycles. The van der Waals surface area contributed by atoms with Crippen LogP contribution in [0.4, 0.5) is 0 Å². The van der Waals surface area contributed by atoms with E-state index in [1.165, 1.54) is 25.7 Å². The van der Waals surface area contributed by atoms with Crippen LogP contribution in [0.5, 0.6) is 0 Å². The van der Waals surface area contributed by atoms with E-state index in [4.69, 9.17) is 0 Å². The molecule has 16 heavy (non-hydrogen) atoms. The normalized spacial score (nSPS) is 39.8. The van der Waals surface area contributed by atoms with Crippen molar-refractivity contribution in [3.63, 3.8) is 0 Å². The minimum atomic E-state index is -3.01. The molecule has 4 nitrogen and oxygen atoms in total. The maximum Gasteiger partial charge on any atom is 0.154 e. The van der Waals surface area contributed by atoms with Crippen LogP contribution in [-0.2, 0) is 9.84 Å². The summed E-state index contributed by atoms with van der Waals surface area (Å²) in [6.45, 7) is 0.898. The smallest absolute Gasteiger partial charge is 0.154 e. The third-order valence-corrected chi connectivity index (χ3v) is 6.09. The van der Waals surface area contributed by atoms with E-state index in [0.717, 1.165) is 12.5 Å². The van der Waals surface area contributed by atoms with Crippen LogP contribution in [0.1, 0.15) is 25.7 Å². The fourth-order valence-corrected chi connectivity index (χ4v) is 4.72. The van der Waals surface area contributed by atoms with E-state index in [0.29, 0.717) is 5.41 Å². The predicted octanol–water partition coefficient (Wildman–Crippen LogP) is -0.0759. The standard InChI is InChI=1S/C11H19NO3S/c13-10-6-16(14,15)5-9(10)12-7-11(3-4-11)8-1-2-8/h8-10,12-13H,1-7H2. The molecule has 2 aliphatic carbocycles. The summed E-state index contributed by atoms with van der Waals surface area (Å²) in [6.07, 6.45) is 4.53. The summed E-state index contributed by atoms with van der Waals surface area (Å²) < 4.78 is 22.7. The Balaban J connectivity index is 1.56. The molecule has 3 fully saturated rings. The molecule has 1 saturated heterocycles. The summed E-state index contributed by atoms with van der Waals surface area (Å²) in [7, 11) is -3.01. The van der Waals surface area contributed by atoms with Crippen LogP contribution in [-0.4, -0.2) is 43.7 Å². The van der Waals surface area contributed by atoms with Gasteiger partial charge >= 0.3 is 0 Å². The predicted molar refractivity (Wildman–Crippen MR) is 60.8 cm³/mol. The van der Waals surface area contributed by atoms with E-state index in [1.807, 2.05) is 0 Å². The number of nitrogens with one attached hydrogen (secondary N) is 1. The largest absolute Gasteiger partial charge is 0.390 e. The Labute approximate surface area is 96.3 Å². The lowest BCUT2D eigenvalue weighted by Crippen LogP contribution is -2.42. The van der Waals surface area contributed by atoms with Crippen LogP contribution in [0.25, 0.3) is 0 Å². The highest BCUT2D eigenvalue weighted by Gasteiger charge is 2.53. The molecule has 0 aromatic heterocycles. The summed E-state index contributed by atoms with van der Waals surface area (Å²) >= 11 is 0. The van der Waals surface area contributed by atoms with Crippen molar-refractivity contribution in [2.45, 2.75) is 37.8 Å². The average molecular weight is 245 g/mol. The molecule has 3 aliphatic rings. The summed E-state index contributed by atoms with van der Waals surface area (Å²) in [5.41, 5.74) is 0.464. The van der Waals surface area contributed by atoms with Gasteiger partial charge in [-0.2, -0.15) is 0 Å². The molecule has 1 heterocycles. The third kappa shape index (κ3) is 2.00. The highest BCUT2D eigenvalue weighted by molar-refractivity contribution is 7.91. The minimum absolute atomic E-state index is 0.0684. The van der Waals surface area contributed by atoms with Gasteiger partial charge in [-0.15, -0.1) is 0 Å². The molecule has 0 aromatic rings. The van der Waals surface area contributed by atoms with Gasteiger partial charge in [0.2, 0.25) is 0 Å². The monoisotopic (exact) mass is 245 g/mol. The van der Waals surface area contributed by atoms with E-state index in [2.05, 4.69) is 5.32 Å². The quantitative estimate of drug-likeness (QED) is 0.727. The van der Waals surface area contributed by atoms with E-state index >= 15 is 0 Å². The first kappa shape index (κ1) is 11.0. The number of sulfone groups is 1. The molecule has 0 radical (unpaired) electrons. The van der Waals surface area contributed by atoms with Gasteiger partial charge in [0.1, 0.15) is 0 Å². The number of rotatable bonds is 4. The first-order valence-corrected chi connectivity index (χ1v) is 7.95. The van der Waals surface area contributed by atoms with Crippen LogP contribution in [0.15, 0.2) is 0 Å². The van der Waals surface area contributed by atoms with Crippen molar-refractivity contribution in [1.82, 2.24) is 5.32 Å². The lowest BCUT2D eigenvalue weighted by molar-refractivity contribution is 0.161. The zero-order chi connectivity index (χ0) is 11.4. The van der Waals surface area contributed by atoms with Gasteiger partial charge < -0.3 is 10.4 Å². The summed E-state index contributed by atoms with van der Waals surface area (Å²) in [6, 6.07) is -0.235. The Morgan fingerprint density at radius 3 is 2.38 bits per heavy atom. The molecule has 0 bridgehead atoms. The third-order valence-electron chi connectivity index (χ3n) is 4.37. The molecule has 92 valence electrons. The number of aliphatic hydroxyl groups is 1. The maximum atomic E-state index is 11.3. The first-order valence-electron chi connectivity index (χ1n) is 6.13. The van der Waals surface area contributed by atoms with Gasteiger partial charge in [0.25, 0.3) is 0 Å². The lowest BCUT2D eigenvalue weighted by atomic mass is 10.00. The van der Waals surface area contributed by atoms with Crippen molar-refractivity contribution in [1.29, 1.82) is 0 Å². The topological polar surface area (TPSA) is 66.4 Å². The summed E-state index contributed by atoms with van der Waals surface area (Å²) in [5.74, 6) is 0.908. The molecular formula is C11H19NO3S. The maximum absolute atomic E-state index is 11.3. The van der Waals surface area contributed by atoms with Gasteiger partial charge in [-0.25, -0.2) is 8.42 Å². The first-order chi connectivity index (χ1) is 7.51. The second-order valence-corrected chi connectivity index (χ2v) is 7.92. The van der Waals surface area contributed by atoms with E-state index in [9.17, 15) is 13.5 Å². The second kappa shape index (κ2) is 3.43. The van der Waals surface area contributed by atoms with Crippen LogP contribution in [0, 0.1) is 11.3 Å².